The molecule has 0 fully saturated rings. The third-order valence-corrected chi connectivity index (χ3v) is 1.60. The lowest BCUT2D eigenvalue weighted by Gasteiger charge is -2.08. The van der Waals surface area contributed by atoms with Crippen LogP contribution in [-0.4, -0.2) is 17.8 Å². The molecule has 3 nitrogen and oxygen atoms in total. The van der Waals surface area contributed by atoms with Gasteiger partial charge in [0.25, 0.3) is 0 Å². The van der Waals surface area contributed by atoms with Crippen LogP contribution in [0.5, 0.6) is 5.75 Å². The normalized spacial score (nSPS) is 12.5. The summed E-state index contributed by atoms with van der Waals surface area (Å²) in [5.41, 5.74) is 2.62. The SMILES string of the molecule is CC(O)CNOc1cccc(Cl)c1. The minimum atomic E-state index is -0.431. The third kappa shape index (κ3) is 4.12. The van der Waals surface area contributed by atoms with Crippen LogP contribution in [0.4, 0.5) is 0 Å². The summed E-state index contributed by atoms with van der Waals surface area (Å²) >= 11 is 5.73. The first-order valence-corrected chi connectivity index (χ1v) is 4.39. The lowest BCUT2D eigenvalue weighted by atomic mass is 10.3. The molecule has 0 saturated carbocycles. The summed E-state index contributed by atoms with van der Waals surface area (Å²) < 4.78 is 0. The number of benzene rings is 1. The predicted molar refractivity (Wildman–Crippen MR) is 51.8 cm³/mol. The lowest BCUT2D eigenvalue weighted by molar-refractivity contribution is 0.119. The molecule has 0 spiro atoms. The molecule has 1 unspecified atom stereocenters. The van der Waals surface area contributed by atoms with Gasteiger partial charge < -0.3 is 9.94 Å². The van der Waals surface area contributed by atoms with Crippen molar-refractivity contribution in [1.29, 1.82) is 0 Å². The van der Waals surface area contributed by atoms with Crippen molar-refractivity contribution in [3.8, 4) is 5.75 Å². The molecular weight excluding hydrogens is 190 g/mol. The van der Waals surface area contributed by atoms with Crippen molar-refractivity contribution in [2.24, 2.45) is 0 Å². The molecule has 2 N–H and O–H groups in total. The second-order valence-electron chi connectivity index (χ2n) is 2.76. The van der Waals surface area contributed by atoms with E-state index in [1.165, 1.54) is 0 Å². The highest BCUT2D eigenvalue weighted by Crippen LogP contribution is 2.15. The minimum absolute atomic E-state index is 0.381. The van der Waals surface area contributed by atoms with Gasteiger partial charge in [-0.2, -0.15) is 5.48 Å². The van der Waals surface area contributed by atoms with E-state index in [-0.39, 0.29) is 0 Å². The molecule has 0 aliphatic carbocycles. The van der Waals surface area contributed by atoms with E-state index < -0.39 is 6.10 Å². The van der Waals surface area contributed by atoms with Gasteiger partial charge in [0, 0.05) is 11.1 Å². The van der Waals surface area contributed by atoms with E-state index in [4.69, 9.17) is 21.5 Å². The molecular formula is C9H12ClNO2. The summed E-state index contributed by atoms with van der Waals surface area (Å²) in [4.78, 5) is 5.10. The van der Waals surface area contributed by atoms with Gasteiger partial charge in [-0.05, 0) is 19.1 Å². The molecule has 0 heterocycles. The van der Waals surface area contributed by atoms with Gasteiger partial charge in [0.1, 0.15) is 5.75 Å². The Morgan fingerprint density at radius 1 is 1.62 bits per heavy atom. The zero-order chi connectivity index (χ0) is 9.68. The highest BCUT2D eigenvalue weighted by atomic mass is 35.5. The van der Waals surface area contributed by atoms with Crippen molar-refractivity contribution in [1.82, 2.24) is 5.48 Å². The smallest absolute Gasteiger partial charge is 0.148 e. The molecule has 1 aromatic rings. The number of aliphatic hydroxyl groups is 1. The van der Waals surface area contributed by atoms with Crippen LogP contribution in [0.15, 0.2) is 24.3 Å². The average molecular weight is 202 g/mol. The van der Waals surface area contributed by atoms with Crippen LogP contribution in [0.3, 0.4) is 0 Å². The largest absolute Gasteiger partial charge is 0.409 e. The molecule has 4 heteroatoms. The van der Waals surface area contributed by atoms with E-state index in [1.54, 1.807) is 31.2 Å². The summed E-state index contributed by atoms with van der Waals surface area (Å²) in [5.74, 6) is 0.633. The summed E-state index contributed by atoms with van der Waals surface area (Å²) in [6, 6.07) is 7.03. The van der Waals surface area contributed by atoms with Crippen LogP contribution in [-0.2, 0) is 0 Å². The van der Waals surface area contributed by atoms with E-state index >= 15 is 0 Å². The third-order valence-electron chi connectivity index (χ3n) is 1.36. The van der Waals surface area contributed by atoms with Gasteiger partial charge in [0.2, 0.25) is 0 Å². The first kappa shape index (κ1) is 10.3. The molecule has 0 radical (unpaired) electrons. The molecule has 0 saturated heterocycles. The van der Waals surface area contributed by atoms with Gasteiger partial charge in [-0.1, -0.05) is 17.7 Å². The van der Waals surface area contributed by atoms with Crippen LogP contribution < -0.4 is 10.3 Å². The summed E-state index contributed by atoms with van der Waals surface area (Å²) in [6.07, 6.45) is -0.431. The molecule has 0 aliphatic rings. The lowest BCUT2D eigenvalue weighted by Crippen LogP contribution is -2.27. The molecule has 0 bridgehead atoms. The Morgan fingerprint density at radius 3 is 3.00 bits per heavy atom. The summed E-state index contributed by atoms with van der Waals surface area (Å²) in [5, 5.41) is 9.54. The van der Waals surface area contributed by atoms with Crippen LogP contribution in [0.2, 0.25) is 5.02 Å². The van der Waals surface area contributed by atoms with Gasteiger partial charge in [-0.3, -0.25) is 0 Å². The van der Waals surface area contributed by atoms with Gasteiger partial charge in [0.15, 0.2) is 0 Å². The molecule has 72 valence electrons. The van der Waals surface area contributed by atoms with Crippen LogP contribution in [0.25, 0.3) is 0 Å². The number of rotatable bonds is 4. The highest BCUT2D eigenvalue weighted by molar-refractivity contribution is 6.30. The maximum atomic E-state index is 8.92. The van der Waals surface area contributed by atoms with E-state index in [0.29, 0.717) is 17.3 Å². The predicted octanol–water partition coefficient (Wildman–Crippen LogP) is 1.60. The fourth-order valence-corrected chi connectivity index (χ4v) is 0.956. The van der Waals surface area contributed by atoms with Gasteiger partial charge in [0.05, 0.1) is 12.6 Å². The van der Waals surface area contributed by atoms with Crippen molar-refractivity contribution in [2.75, 3.05) is 6.54 Å². The van der Waals surface area contributed by atoms with E-state index in [2.05, 4.69) is 5.48 Å². The number of hydrogen-bond donors (Lipinski definition) is 2. The number of hydrogen-bond acceptors (Lipinski definition) is 3. The Balaban J connectivity index is 2.37. The molecule has 1 aromatic carbocycles. The van der Waals surface area contributed by atoms with E-state index in [9.17, 15) is 0 Å². The first-order chi connectivity index (χ1) is 6.18. The van der Waals surface area contributed by atoms with Crippen molar-refractivity contribution < 1.29 is 9.94 Å². The Kier molecular flexibility index (Phi) is 4.02. The van der Waals surface area contributed by atoms with E-state index in [1.807, 2.05) is 0 Å². The Labute approximate surface area is 82.2 Å². The zero-order valence-electron chi connectivity index (χ0n) is 7.33. The number of halogens is 1. The molecule has 1 atom stereocenters. The Hall–Kier alpha value is -0.770. The molecule has 0 aliphatic heterocycles. The summed E-state index contributed by atoms with van der Waals surface area (Å²) in [6.45, 7) is 2.06. The summed E-state index contributed by atoms with van der Waals surface area (Å²) in [7, 11) is 0. The average Bonchev–Trinajstić information content (AvgIpc) is 2.03. The molecule has 0 amide bonds. The fraction of sp³-hybridized carbons (Fsp3) is 0.333. The zero-order valence-corrected chi connectivity index (χ0v) is 8.08. The maximum absolute atomic E-state index is 8.92. The fourth-order valence-electron chi connectivity index (χ4n) is 0.776. The van der Waals surface area contributed by atoms with Crippen LogP contribution in [0, 0.1) is 0 Å². The van der Waals surface area contributed by atoms with Gasteiger partial charge in [-0.15, -0.1) is 0 Å². The maximum Gasteiger partial charge on any atom is 0.148 e. The van der Waals surface area contributed by atoms with E-state index in [0.717, 1.165) is 0 Å². The monoisotopic (exact) mass is 201 g/mol. The van der Waals surface area contributed by atoms with Crippen molar-refractivity contribution >= 4 is 11.6 Å². The van der Waals surface area contributed by atoms with Crippen LogP contribution >= 0.6 is 11.6 Å². The second-order valence-corrected chi connectivity index (χ2v) is 3.19. The van der Waals surface area contributed by atoms with Gasteiger partial charge in [-0.25, -0.2) is 0 Å². The molecule has 13 heavy (non-hydrogen) atoms. The second kappa shape index (κ2) is 5.07. The molecule has 1 rings (SSSR count). The van der Waals surface area contributed by atoms with Crippen LogP contribution in [0.1, 0.15) is 6.92 Å². The van der Waals surface area contributed by atoms with Crippen molar-refractivity contribution in [3.05, 3.63) is 29.3 Å². The van der Waals surface area contributed by atoms with Crippen molar-refractivity contribution in [2.45, 2.75) is 13.0 Å². The van der Waals surface area contributed by atoms with Crippen molar-refractivity contribution in [3.63, 3.8) is 0 Å². The number of nitrogens with one attached hydrogen (secondary N) is 1. The Bertz CT molecular complexity index is 266. The minimum Gasteiger partial charge on any atom is -0.409 e. The Morgan fingerprint density at radius 2 is 2.38 bits per heavy atom. The highest BCUT2D eigenvalue weighted by Gasteiger charge is 1.96. The topological polar surface area (TPSA) is 41.5 Å². The molecule has 0 aromatic heterocycles. The first-order valence-electron chi connectivity index (χ1n) is 4.02. The standard InChI is InChI=1S/C9H12ClNO2/c1-7(12)6-11-13-9-4-2-3-8(10)5-9/h2-5,7,11-12H,6H2,1H3. The number of aliphatic hydroxyl groups excluding tert-OH is 1. The quantitative estimate of drug-likeness (QED) is 0.728. The number of hydroxylamine groups is 1. The van der Waals surface area contributed by atoms with Gasteiger partial charge >= 0.3 is 0 Å².